The fourth-order valence-electron chi connectivity index (χ4n) is 1.21. The lowest BCUT2D eigenvalue weighted by atomic mass is 10.4. The number of carbonyl (C=O) groups excluding carboxylic acids is 1. The number of nitrogens with zero attached hydrogens (tertiary/aromatic N) is 2. The van der Waals surface area contributed by atoms with E-state index in [1.54, 1.807) is 10.9 Å². The summed E-state index contributed by atoms with van der Waals surface area (Å²) >= 11 is 0. The second-order valence-corrected chi connectivity index (χ2v) is 3.22. The van der Waals surface area contributed by atoms with E-state index in [1.165, 1.54) is 0 Å². The Morgan fingerprint density at radius 2 is 2.33 bits per heavy atom. The number of carbonyl (C=O) groups is 1. The van der Waals surface area contributed by atoms with Crippen molar-refractivity contribution in [2.45, 2.75) is 19.9 Å². The van der Waals surface area contributed by atoms with Crippen LogP contribution in [0.15, 0.2) is 18.5 Å². The van der Waals surface area contributed by atoms with E-state index in [4.69, 9.17) is 0 Å². The van der Waals surface area contributed by atoms with Crippen LogP contribution in [0.1, 0.15) is 13.3 Å². The second-order valence-electron chi connectivity index (χ2n) is 3.22. The SMILES string of the molecule is CCNCCC(=O)NCCn1cccn1. The van der Waals surface area contributed by atoms with E-state index in [2.05, 4.69) is 15.7 Å². The Morgan fingerprint density at radius 1 is 1.47 bits per heavy atom. The number of hydrogen-bond donors (Lipinski definition) is 2. The summed E-state index contributed by atoms with van der Waals surface area (Å²) in [5.41, 5.74) is 0. The van der Waals surface area contributed by atoms with Crippen molar-refractivity contribution in [3.05, 3.63) is 18.5 Å². The summed E-state index contributed by atoms with van der Waals surface area (Å²) in [6, 6.07) is 1.87. The van der Waals surface area contributed by atoms with Crippen LogP contribution in [-0.4, -0.2) is 35.3 Å². The molecule has 1 heterocycles. The van der Waals surface area contributed by atoms with Crippen LogP contribution in [0.3, 0.4) is 0 Å². The van der Waals surface area contributed by atoms with Gasteiger partial charge >= 0.3 is 0 Å². The van der Waals surface area contributed by atoms with Crippen molar-refractivity contribution >= 4 is 5.91 Å². The van der Waals surface area contributed by atoms with E-state index in [1.807, 2.05) is 19.2 Å². The van der Waals surface area contributed by atoms with Gasteiger partial charge in [-0.1, -0.05) is 6.92 Å². The van der Waals surface area contributed by atoms with Crippen LogP contribution < -0.4 is 10.6 Å². The minimum absolute atomic E-state index is 0.0862. The fourth-order valence-corrected chi connectivity index (χ4v) is 1.21. The third-order valence-corrected chi connectivity index (χ3v) is 2.00. The molecule has 0 spiro atoms. The van der Waals surface area contributed by atoms with E-state index in [0.29, 0.717) is 13.0 Å². The fraction of sp³-hybridized carbons (Fsp3) is 0.600. The quantitative estimate of drug-likeness (QED) is 0.623. The van der Waals surface area contributed by atoms with Crippen LogP contribution in [0.2, 0.25) is 0 Å². The Bertz CT molecular complexity index is 271. The molecule has 1 rings (SSSR count). The summed E-state index contributed by atoms with van der Waals surface area (Å²) in [7, 11) is 0. The lowest BCUT2D eigenvalue weighted by Gasteiger charge is -2.05. The first-order valence-corrected chi connectivity index (χ1v) is 5.27. The van der Waals surface area contributed by atoms with Crippen molar-refractivity contribution < 1.29 is 4.79 Å². The largest absolute Gasteiger partial charge is 0.354 e. The topological polar surface area (TPSA) is 59.0 Å². The highest BCUT2D eigenvalue weighted by Gasteiger charge is 1.99. The van der Waals surface area contributed by atoms with E-state index in [-0.39, 0.29) is 5.91 Å². The highest BCUT2D eigenvalue weighted by atomic mass is 16.1. The van der Waals surface area contributed by atoms with E-state index in [0.717, 1.165) is 19.6 Å². The minimum Gasteiger partial charge on any atom is -0.354 e. The van der Waals surface area contributed by atoms with Gasteiger partial charge in [-0.05, 0) is 12.6 Å². The number of rotatable bonds is 7. The number of nitrogens with one attached hydrogen (secondary N) is 2. The summed E-state index contributed by atoms with van der Waals surface area (Å²) < 4.78 is 1.80. The zero-order chi connectivity index (χ0) is 10.9. The zero-order valence-corrected chi connectivity index (χ0v) is 9.07. The van der Waals surface area contributed by atoms with Gasteiger partial charge in [-0.25, -0.2) is 0 Å². The van der Waals surface area contributed by atoms with Gasteiger partial charge in [-0.3, -0.25) is 9.48 Å². The first-order valence-electron chi connectivity index (χ1n) is 5.27. The molecule has 1 aromatic heterocycles. The monoisotopic (exact) mass is 210 g/mol. The number of amides is 1. The normalized spacial score (nSPS) is 10.2. The van der Waals surface area contributed by atoms with Gasteiger partial charge in [-0.15, -0.1) is 0 Å². The maximum atomic E-state index is 11.3. The van der Waals surface area contributed by atoms with Gasteiger partial charge < -0.3 is 10.6 Å². The molecular formula is C10H18N4O. The van der Waals surface area contributed by atoms with Crippen LogP contribution in [0.4, 0.5) is 0 Å². The smallest absolute Gasteiger partial charge is 0.221 e. The van der Waals surface area contributed by atoms with Crippen LogP contribution in [0, 0.1) is 0 Å². The van der Waals surface area contributed by atoms with Gasteiger partial charge in [0.1, 0.15) is 0 Å². The molecule has 0 aromatic carbocycles. The lowest BCUT2D eigenvalue weighted by molar-refractivity contribution is -0.121. The second kappa shape index (κ2) is 7.00. The van der Waals surface area contributed by atoms with E-state index >= 15 is 0 Å². The Hall–Kier alpha value is -1.36. The van der Waals surface area contributed by atoms with E-state index < -0.39 is 0 Å². The molecule has 0 unspecified atom stereocenters. The Balaban J connectivity index is 2.02. The summed E-state index contributed by atoms with van der Waals surface area (Å²) in [5.74, 6) is 0.0862. The highest BCUT2D eigenvalue weighted by Crippen LogP contribution is 1.83. The molecule has 5 nitrogen and oxygen atoms in total. The maximum absolute atomic E-state index is 11.3. The molecule has 0 bridgehead atoms. The molecule has 1 aromatic rings. The molecule has 0 atom stereocenters. The predicted octanol–water partition coefficient (Wildman–Crippen LogP) is -0.00110. The molecule has 2 N–H and O–H groups in total. The minimum atomic E-state index is 0.0862. The number of hydrogen-bond acceptors (Lipinski definition) is 3. The van der Waals surface area contributed by atoms with E-state index in [9.17, 15) is 4.79 Å². The molecule has 0 radical (unpaired) electrons. The van der Waals surface area contributed by atoms with Gasteiger partial charge in [0.25, 0.3) is 0 Å². The molecule has 1 amide bonds. The summed E-state index contributed by atoms with van der Waals surface area (Å²) in [6.45, 7) is 5.02. The van der Waals surface area contributed by atoms with Gasteiger partial charge in [0.05, 0.1) is 6.54 Å². The van der Waals surface area contributed by atoms with Crippen molar-refractivity contribution in [1.82, 2.24) is 20.4 Å². The van der Waals surface area contributed by atoms with Crippen molar-refractivity contribution in [2.75, 3.05) is 19.6 Å². The third kappa shape index (κ3) is 5.17. The average Bonchev–Trinajstić information content (AvgIpc) is 2.71. The first kappa shape index (κ1) is 11.7. The van der Waals surface area contributed by atoms with Gasteiger partial charge in [0.2, 0.25) is 5.91 Å². The molecule has 0 saturated heterocycles. The molecule has 0 aliphatic rings. The Morgan fingerprint density at radius 3 is 3.00 bits per heavy atom. The van der Waals surface area contributed by atoms with Gasteiger partial charge in [0, 0.05) is 31.9 Å². The zero-order valence-electron chi connectivity index (χ0n) is 9.07. The molecule has 5 heteroatoms. The average molecular weight is 210 g/mol. The summed E-state index contributed by atoms with van der Waals surface area (Å²) in [5, 5.41) is 9.99. The standard InChI is InChI=1S/C10H18N4O/c1-2-11-6-4-10(15)12-7-9-14-8-3-5-13-14/h3,5,8,11H,2,4,6-7,9H2,1H3,(H,12,15). The number of aromatic nitrogens is 2. The van der Waals surface area contributed by atoms with Gasteiger partial charge in [-0.2, -0.15) is 5.10 Å². The summed E-state index contributed by atoms with van der Waals surface area (Å²) in [4.78, 5) is 11.3. The molecule has 0 fully saturated rings. The lowest BCUT2D eigenvalue weighted by Crippen LogP contribution is -2.30. The molecule has 0 aliphatic carbocycles. The molecule has 15 heavy (non-hydrogen) atoms. The third-order valence-electron chi connectivity index (χ3n) is 2.00. The van der Waals surface area contributed by atoms with Crippen LogP contribution in [-0.2, 0) is 11.3 Å². The van der Waals surface area contributed by atoms with Crippen molar-refractivity contribution in [1.29, 1.82) is 0 Å². The molecule has 84 valence electrons. The molecule has 0 aliphatic heterocycles. The van der Waals surface area contributed by atoms with Crippen LogP contribution >= 0.6 is 0 Å². The Labute approximate surface area is 89.9 Å². The van der Waals surface area contributed by atoms with Gasteiger partial charge in [0.15, 0.2) is 0 Å². The first-order chi connectivity index (χ1) is 7.33. The predicted molar refractivity (Wildman–Crippen MR) is 58.4 cm³/mol. The van der Waals surface area contributed by atoms with Crippen molar-refractivity contribution in [3.63, 3.8) is 0 Å². The van der Waals surface area contributed by atoms with Crippen molar-refractivity contribution in [2.24, 2.45) is 0 Å². The highest BCUT2D eigenvalue weighted by molar-refractivity contribution is 5.75. The van der Waals surface area contributed by atoms with Crippen LogP contribution in [0.5, 0.6) is 0 Å². The van der Waals surface area contributed by atoms with Crippen LogP contribution in [0.25, 0.3) is 0 Å². The maximum Gasteiger partial charge on any atom is 0.221 e. The molecular weight excluding hydrogens is 192 g/mol. The van der Waals surface area contributed by atoms with Crippen molar-refractivity contribution in [3.8, 4) is 0 Å². The Kier molecular flexibility index (Phi) is 5.47. The summed E-state index contributed by atoms with van der Waals surface area (Å²) in [6.07, 6.45) is 4.14. The molecule has 0 saturated carbocycles.